The molecular weight excluding hydrogens is 236 g/mol. The van der Waals surface area contributed by atoms with E-state index in [1.54, 1.807) is 12.3 Å². The van der Waals surface area contributed by atoms with Crippen LogP contribution in [0.5, 0.6) is 0 Å². The number of carbonyl (C=O) groups is 1. The average Bonchev–Trinajstić information content (AvgIpc) is 2.46. The van der Waals surface area contributed by atoms with Gasteiger partial charge in [0.1, 0.15) is 5.69 Å². The largest absolute Gasteiger partial charge is 0.343 e. The predicted molar refractivity (Wildman–Crippen MR) is 78.1 cm³/mol. The zero-order chi connectivity index (χ0) is 13.8. The number of nitrogens with zero attached hydrogens (tertiary/aromatic N) is 2. The molecule has 3 heteroatoms. The van der Waals surface area contributed by atoms with Gasteiger partial charge in [-0.3, -0.25) is 9.78 Å². The van der Waals surface area contributed by atoms with Crippen LogP contribution in [0.1, 0.15) is 29.9 Å². The maximum absolute atomic E-state index is 11.2. The highest BCUT2D eigenvalue weighted by Crippen LogP contribution is 2.23. The van der Waals surface area contributed by atoms with Crippen LogP contribution in [0.25, 0.3) is 0 Å². The van der Waals surface area contributed by atoms with Crippen molar-refractivity contribution >= 4 is 17.2 Å². The molecule has 0 N–H and O–H groups in total. The van der Waals surface area contributed by atoms with Crippen LogP contribution in [0.15, 0.2) is 42.6 Å². The van der Waals surface area contributed by atoms with Crippen LogP contribution in [-0.4, -0.2) is 17.8 Å². The SMILES string of the molecule is CCc1ccc(N(C)c2ccc(C(C)=O)nc2)cc1. The van der Waals surface area contributed by atoms with Gasteiger partial charge in [-0.1, -0.05) is 19.1 Å². The van der Waals surface area contributed by atoms with Gasteiger partial charge < -0.3 is 4.90 Å². The summed E-state index contributed by atoms with van der Waals surface area (Å²) in [6.07, 6.45) is 2.77. The van der Waals surface area contributed by atoms with E-state index in [-0.39, 0.29) is 5.78 Å². The van der Waals surface area contributed by atoms with Gasteiger partial charge in [0, 0.05) is 19.7 Å². The number of pyridine rings is 1. The molecule has 0 aliphatic rings. The second-order valence-corrected chi connectivity index (χ2v) is 4.54. The molecule has 0 spiro atoms. The van der Waals surface area contributed by atoms with E-state index in [0.29, 0.717) is 5.69 Å². The topological polar surface area (TPSA) is 33.2 Å². The van der Waals surface area contributed by atoms with Crippen molar-refractivity contribution in [1.29, 1.82) is 0 Å². The Morgan fingerprint density at radius 3 is 2.21 bits per heavy atom. The Morgan fingerprint density at radius 1 is 1.11 bits per heavy atom. The summed E-state index contributed by atoms with van der Waals surface area (Å²) in [7, 11) is 1.99. The van der Waals surface area contributed by atoms with Crippen molar-refractivity contribution in [3.63, 3.8) is 0 Å². The number of aryl methyl sites for hydroxylation is 1. The van der Waals surface area contributed by atoms with Crippen LogP contribution in [0.4, 0.5) is 11.4 Å². The summed E-state index contributed by atoms with van der Waals surface area (Å²) >= 11 is 0. The van der Waals surface area contributed by atoms with E-state index in [1.807, 2.05) is 13.1 Å². The van der Waals surface area contributed by atoms with Crippen molar-refractivity contribution in [3.8, 4) is 0 Å². The minimum atomic E-state index is -0.0125. The third-order valence-electron chi connectivity index (χ3n) is 3.23. The molecule has 3 nitrogen and oxygen atoms in total. The highest BCUT2D eigenvalue weighted by Gasteiger charge is 2.06. The fraction of sp³-hybridized carbons (Fsp3) is 0.250. The van der Waals surface area contributed by atoms with Crippen LogP contribution in [-0.2, 0) is 6.42 Å². The molecule has 0 aliphatic carbocycles. The number of benzene rings is 1. The van der Waals surface area contributed by atoms with Gasteiger partial charge in [0.15, 0.2) is 5.78 Å². The van der Waals surface area contributed by atoms with Gasteiger partial charge in [0.05, 0.1) is 11.9 Å². The van der Waals surface area contributed by atoms with Gasteiger partial charge in [0.25, 0.3) is 0 Å². The molecule has 0 radical (unpaired) electrons. The molecule has 0 atom stereocenters. The molecule has 0 aliphatic heterocycles. The molecule has 2 rings (SSSR count). The fourth-order valence-electron chi connectivity index (χ4n) is 1.90. The lowest BCUT2D eigenvalue weighted by Gasteiger charge is -2.19. The minimum Gasteiger partial charge on any atom is -0.343 e. The number of Topliss-reactive ketones (excluding diaryl/α,β-unsaturated/α-hetero) is 1. The Hall–Kier alpha value is -2.16. The molecule has 0 saturated heterocycles. The molecule has 0 amide bonds. The van der Waals surface area contributed by atoms with Crippen molar-refractivity contribution < 1.29 is 4.79 Å². The number of rotatable bonds is 4. The van der Waals surface area contributed by atoms with E-state index >= 15 is 0 Å². The number of hydrogen-bond acceptors (Lipinski definition) is 3. The number of ketones is 1. The Balaban J connectivity index is 2.22. The van der Waals surface area contributed by atoms with Gasteiger partial charge in [-0.25, -0.2) is 0 Å². The molecule has 0 bridgehead atoms. The van der Waals surface area contributed by atoms with E-state index in [0.717, 1.165) is 17.8 Å². The van der Waals surface area contributed by atoms with Gasteiger partial charge in [-0.05, 0) is 36.2 Å². The fourth-order valence-corrected chi connectivity index (χ4v) is 1.90. The third kappa shape index (κ3) is 2.99. The molecule has 1 aromatic carbocycles. The van der Waals surface area contributed by atoms with Crippen molar-refractivity contribution in [3.05, 3.63) is 53.9 Å². The smallest absolute Gasteiger partial charge is 0.178 e. The number of carbonyl (C=O) groups excluding carboxylic acids is 1. The van der Waals surface area contributed by atoms with Crippen molar-refractivity contribution in [1.82, 2.24) is 4.98 Å². The van der Waals surface area contributed by atoms with E-state index in [4.69, 9.17) is 0 Å². The quantitative estimate of drug-likeness (QED) is 0.781. The normalized spacial score (nSPS) is 10.3. The minimum absolute atomic E-state index is 0.0125. The molecule has 1 aromatic heterocycles. The van der Waals surface area contributed by atoms with E-state index in [9.17, 15) is 4.79 Å². The second-order valence-electron chi connectivity index (χ2n) is 4.54. The maximum Gasteiger partial charge on any atom is 0.178 e. The van der Waals surface area contributed by atoms with Gasteiger partial charge >= 0.3 is 0 Å². The Kier molecular flexibility index (Phi) is 3.95. The summed E-state index contributed by atoms with van der Waals surface area (Å²) in [5, 5.41) is 0. The van der Waals surface area contributed by atoms with Crippen LogP contribution in [0.3, 0.4) is 0 Å². The highest BCUT2D eigenvalue weighted by atomic mass is 16.1. The summed E-state index contributed by atoms with van der Waals surface area (Å²) < 4.78 is 0. The summed E-state index contributed by atoms with van der Waals surface area (Å²) in [6.45, 7) is 3.66. The molecule has 98 valence electrons. The number of hydrogen-bond donors (Lipinski definition) is 0. The standard InChI is InChI=1S/C16H18N2O/c1-4-13-5-7-14(8-6-13)18(3)15-9-10-16(12(2)19)17-11-15/h5-11H,4H2,1-3H3. The van der Waals surface area contributed by atoms with Crippen LogP contribution < -0.4 is 4.90 Å². The first-order chi connectivity index (χ1) is 9.11. The molecule has 0 fully saturated rings. The first kappa shape index (κ1) is 13.3. The van der Waals surface area contributed by atoms with Crippen molar-refractivity contribution in [2.45, 2.75) is 20.3 Å². The Bertz CT molecular complexity index is 558. The third-order valence-corrected chi connectivity index (χ3v) is 3.23. The van der Waals surface area contributed by atoms with Crippen LogP contribution in [0, 0.1) is 0 Å². The summed E-state index contributed by atoms with van der Waals surface area (Å²) in [5.41, 5.74) is 3.89. The lowest BCUT2D eigenvalue weighted by molar-refractivity contribution is 0.101. The van der Waals surface area contributed by atoms with Gasteiger partial charge in [0.2, 0.25) is 0 Å². The van der Waals surface area contributed by atoms with Crippen LogP contribution >= 0.6 is 0 Å². The predicted octanol–water partition coefficient (Wildman–Crippen LogP) is 3.61. The Morgan fingerprint density at radius 2 is 1.74 bits per heavy atom. The number of aromatic nitrogens is 1. The second kappa shape index (κ2) is 5.65. The van der Waals surface area contributed by atoms with E-state index in [1.165, 1.54) is 12.5 Å². The molecular formula is C16H18N2O. The number of anilines is 2. The molecule has 0 saturated carbocycles. The highest BCUT2D eigenvalue weighted by molar-refractivity contribution is 5.92. The first-order valence-electron chi connectivity index (χ1n) is 6.41. The summed E-state index contributed by atoms with van der Waals surface area (Å²) in [5.74, 6) is -0.0125. The van der Waals surface area contributed by atoms with E-state index < -0.39 is 0 Å². The van der Waals surface area contributed by atoms with Gasteiger partial charge in [-0.15, -0.1) is 0 Å². The molecule has 1 heterocycles. The van der Waals surface area contributed by atoms with Crippen molar-refractivity contribution in [2.75, 3.05) is 11.9 Å². The van der Waals surface area contributed by atoms with Gasteiger partial charge in [-0.2, -0.15) is 0 Å². The maximum atomic E-state index is 11.2. The lowest BCUT2D eigenvalue weighted by Crippen LogP contribution is -2.10. The zero-order valence-corrected chi connectivity index (χ0v) is 11.6. The average molecular weight is 254 g/mol. The van der Waals surface area contributed by atoms with Crippen molar-refractivity contribution in [2.24, 2.45) is 0 Å². The van der Waals surface area contributed by atoms with E-state index in [2.05, 4.69) is 41.1 Å². The lowest BCUT2D eigenvalue weighted by atomic mass is 10.1. The molecule has 2 aromatic rings. The summed E-state index contributed by atoms with van der Waals surface area (Å²) in [6, 6.07) is 12.1. The molecule has 0 unspecified atom stereocenters. The summed E-state index contributed by atoms with van der Waals surface area (Å²) in [4.78, 5) is 17.4. The zero-order valence-electron chi connectivity index (χ0n) is 11.6. The first-order valence-corrected chi connectivity index (χ1v) is 6.41. The van der Waals surface area contributed by atoms with Crippen LogP contribution in [0.2, 0.25) is 0 Å². The monoisotopic (exact) mass is 254 g/mol. The Labute approximate surface area is 113 Å². The molecule has 19 heavy (non-hydrogen) atoms.